The van der Waals surface area contributed by atoms with Crippen molar-refractivity contribution in [2.45, 2.75) is 39.0 Å². The molecule has 0 bridgehead atoms. The van der Waals surface area contributed by atoms with Gasteiger partial charge in [0.2, 0.25) is 27.6 Å². The van der Waals surface area contributed by atoms with E-state index in [1.807, 2.05) is 12.1 Å². The Labute approximate surface area is 171 Å². The Kier molecular flexibility index (Phi) is 6.69. The van der Waals surface area contributed by atoms with Gasteiger partial charge in [0, 0.05) is 44.6 Å². The molecular formula is C20H28N4O4S. The van der Waals surface area contributed by atoms with Gasteiger partial charge in [0.15, 0.2) is 0 Å². The molecule has 0 saturated carbocycles. The van der Waals surface area contributed by atoms with Crippen molar-refractivity contribution >= 4 is 15.9 Å². The minimum atomic E-state index is -3.22. The lowest BCUT2D eigenvalue weighted by molar-refractivity contribution is -0.131. The molecule has 0 N–H and O–H groups in total. The molecule has 1 amide bonds. The van der Waals surface area contributed by atoms with Crippen LogP contribution < -0.4 is 0 Å². The first-order valence-corrected chi connectivity index (χ1v) is 11.7. The smallest absolute Gasteiger partial charge is 0.227 e. The van der Waals surface area contributed by atoms with Gasteiger partial charge in [-0.2, -0.15) is 4.98 Å². The second-order valence-corrected chi connectivity index (χ2v) is 9.67. The molecule has 2 aromatic rings. The molecule has 29 heavy (non-hydrogen) atoms. The highest BCUT2D eigenvalue weighted by Gasteiger charge is 2.24. The van der Waals surface area contributed by atoms with Crippen LogP contribution >= 0.6 is 0 Å². The molecule has 3 rings (SSSR count). The van der Waals surface area contributed by atoms with Gasteiger partial charge in [-0.05, 0) is 17.9 Å². The van der Waals surface area contributed by atoms with E-state index in [-0.39, 0.29) is 12.3 Å². The number of benzene rings is 1. The summed E-state index contributed by atoms with van der Waals surface area (Å²) in [6.45, 7) is 6.03. The van der Waals surface area contributed by atoms with E-state index < -0.39 is 10.0 Å². The number of carbonyl (C=O) groups excluding carboxylic acids is 1. The molecule has 1 saturated heterocycles. The summed E-state index contributed by atoms with van der Waals surface area (Å²) in [7, 11) is -3.22. The van der Waals surface area contributed by atoms with Gasteiger partial charge in [-0.1, -0.05) is 43.3 Å². The van der Waals surface area contributed by atoms with Crippen LogP contribution in [0.2, 0.25) is 0 Å². The van der Waals surface area contributed by atoms with Crippen LogP contribution in [0.25, 0.3) is 11.4 Å². The van der Waals surface area contributed by atoms with E-state index in [0.29, 0.717) is 56.7 Å². The Balaban J connectivity index is 1.54. The summed E-state index contributed by atoms with van der Waals surface area (Å²) in [5, 5.41) is 4.02. The van der Waals surface area contributed by atoms with Gasteiger partial charge in [0.25, 0.3) is 0 Å². The maximum Gasteiger partial charge on any atom is 0.227 e. The number of sulfonamides is 1. The standard InChI is InChI=1S/C20H28N4O4S/c1-15(2)16-5-7-17(8-6-16)20-21-18(28-22-20)9-10-19(25)23-11-4-12-24(14-13-23)29(3,26)27/h5-8,15H,4,9-14H2,1-3H3. The number of hydrogen-bond donors (Lipinski definition) is 0. The van der Waals surface area contributed by atoms with Crippen LogP contribution in [0.4, 0.5) is 0 Å². The third-order valence-electron chi connectivity index (χ3n) is 5.13. The molecule has 8 nitrogen and oxygen atoms in total. The Morgan fingerprint density at radius 3 is 2.52 bits per heavy atom. The van der Waals surface area contributed by atoms with Crippen molar-refractivity contribution < 1.29 is 17.7 Å². The zero-order chi connectivity index (χ0) is 21.0. The minimum absolute atomic E-state index is 0.0265. The maximum atomic E-state index is 12.5. The molecule has 0 atom stereocenters. The van der Waals surface area contributed by atoms with Crippen LogP contribution in [-0.2, 0) is 21.2 Å². The highest BCUT2D eigenvalue weighted by molar-refractivity contribution is 7.88. The number of aromatic nitrogens is 2. The molecular weight excluding hydrogens is 392 g/mol. The molecule has 0 radical (unpaired) electrons. The summed E-state index contributed by atoms with van der Waals surface area (Å²) in [6.07, 6.45) is 2.46. The summed E-state index contributed by atoms with van der Waals surface area (Å²) < 4.78 is 30.1. The molecule has 1 aliphatic rings. The van der Waals surface area contributed by atoms with Gasteiger partial charge in [-0.15, -0.1) is 0 Å². The molecule has 1 fully saturated rings. The highest BCUT2D eigenvalue weighted by Crippen LogP contribution is 2.21. The van der Waals surface area contributed by atoms with E-state index in [1.54, 1.807) is 4.90 Å². The van der Waals surface area contributed by atoms with E-state index in [9.17, 15) is 13.2 Å². The molecule has 0 aliphatic carbocycles. The first-order chi connectivity index (χ1) is 13.7. The lowest BCUT2D eigenvalue weighted by atomic mass is 10.0. The van der Waals surface area contributed by atoms with Gasteiger partial charge >= 0.3 is 0 Å². The van der Waals surface area contributed by atoms with Crippen molar-refractivity contribution in [3.63, 3.8) is 0 Å². The number of aryl methyl sites for hydroxylation is 1. The Bertz CT molecular complexity index is 938. The van der Waals surface area contributed by atoms with Crippen LogP contribution in [0.15, 0.2) is 28.8 Å². The summed E-state index contributed by atoms with van der Waals surface area (Å²) in [5.41, 5.74) is 2.12. The molecule has 0 unspecified atom stereocenters. The summed E-state index contributed by atoms with van der Waals surface area (Å²) >= 11 is 0. The lowest BCUT2D eigenvalue weighted by Crippen LogP contribution is -2.37. The fourth-order valence-electron chi connectivity index (χ4n) is 3.34. The number of hydrogen-bond acceptors (Lipinski definition) is 6. The third-order valence-corrected chi connectivity index (χ3v) is 6.44. The lowest BCUT2D eigenvalue weighted by Gasteiger charge is -2.20. The van der Waals surface area contributed by atoms with Crippen LogP contribution in [-0.4, -0.2) is 66.1 Å². The molecule has 1 aromatic heterocycles. The van der Waals surface area contributed by atoms with Crippen LogP contribution in [0.1, 0.15) is 44.1 Å². The quantitative estimate of drug-likeness (QED) is 0.711. The van der Waals surface area contributed by atoms with E-state index in [2.05, 4.69) is 36.1 Å². The van der Waals surface area contributed by atoms with Gasteiger partial charge < -0.3 is 9.42 Å². The fourth-order valence-corrected chi connectivity index (χ4v) is 4.21. The average molecular weight is 421 g/mol. The predicted molar refractivity (Wildman–Crippen MR) is 110 cm³/mol. The number of rotatable bonds is 6. The number of carbonyl (C=O) groups is 1. The molecule has 158 valence electrons. The van der Waals surface area contributed by atoms with Crippen molar-refractivity contribution in [1.29, 1.82) is 0 Å². The van der Waals surface area contributed by atoms with Crippen LogP contribution in [0.3, 0.4) is 0 Å². The second-order valence-electron chi connectivity index (χ2n) is 7.68. The Hall–Kier alpha value is -2.26. The normalized spacial score (nSPS) is 16.2. The molecule has 1 aliphatic heterocycles. The average Bonchev–Trinajstić information content (AvgIpc) is 3.00. The molecule has 9 heteroatoms. The second kappa shape index (κ2) is 9.04. The SMILES string of the molecule is CC(C)c1ccc(-c2noc(CCC(=O)N3CCCN(S(C)(=O)=O)CC3)n2)cc1. The fraction of sp³-hybridized carbons (Fsp3) is 0.550. The summed E-state index contributed by atoms with van der Waals surface area (Å²) in [4.78, 5) is 18.6. The van der Waals surface area contributed by atoms with Crippen molar-refractivity contribution in [3.8, 4) is 11.4 Å². The van der Waals surface area contributed by atoms with Gasteiger partial charge in [-0.25, -0.2) is 12.7 Å². The van der Waals surface area contributed by atoms with Gasteiger partial charge in [-0.3, -0.25) is 4.79 Å². The summed E-state index contributed by atoms with van der Waals surface area (Å²) in [6, 6.07) is 8.05. The zero-order valence-corrected chi connectivity index (χ0v) is 18.0. The predicted octanol–water partition coefficient (Wildman–Crippen LogP) is 2.29. The van der Waals surface area contributed by atoms with E-state index >= 15 is 0 Å². The molecule has 2 heterocycles. The third kappa shape index (κ3) is 5.63. The maximum absolute atomic E-state index is 12.5. The molecule has 1 aromatic carbocycles. The highest BCUT2D eigenvalue weighted by atomic mass is 32.2. The first-order valence-electron chi connectivity index (χ1n) is 9.90. The topological polar surface area (TPSA) is 96.6 Å². The monoisotopic (exact) mass is 420 g/mol. The van der Waals surface area contributed by atoms with Gasteiger partial charge in [0.1, 0.15) is 0 Å². The van der Waals surface area contributed by atoms with Crippen molar-refractivity contribution in [2.24, 2.45) is 0 Å². The van der Waals surface area contributed by atoms with E-state index in [0.717, 1.165) is 5.56 Å². The van der Waals surface area contributed by atoms with E-state index in [1.165, 1.54) is 16.1 Å². The number of amides is 1. The Morgan fingerprint density at radius 2 is 1.86 bits per heavy atom. The number of nitrogens with zero attached hydrogens (tertiary/aromatic N) is 4. The van der Waals surface area contributed by atoms with Crippen molar-refractivity contribution in [1.82, 2.24) is 19.3 Å². The van der Waals surface area contributed by atoms with Crippen molar-refractivity contribution in [2.75, 3.05) is 32.4 Å². The first kappa shape index (κ1) is 21.4. The molecule has 0 spiro atoms. The largest absolute Gasteiger partial charge is 0.341 e. The van der Waals surface area contributed by atoms with E-state index in [4.69, 9.17) is 4.52 Å². The van der Waals surface area contributed by atoms with Crippen LogP contribution in [0, 0.1) is 0 Å². The van der Waals surface area contributed by atoms with Crippen LogP contribution in [0.5, 0.6) is 0 Å². The minimum Gasteiger partial charge on any atom is -0.341 e. The van der Waals surface area contributed by atoms with Crippen molar-refractivity contribution in [3.05, 3.63) is 35.7 Å². The van der Waals surface area contributed by atoms with Gasteiger partial charge in [0.05, 0.1) is 6.26 Å². The Morgan fingerprint density at radius 1 is 1.14 bits per heavy atom. The zero-order valence-electron chi connectivity index (χ0n) is 17.2. The summed E-state index contributed by atoms with van der Waals surface area (Å²) in [5.74, 6) is 1.37.